The molecule has 228 valence electrons. The minimum absolute atomic E-state index is 0.259. The number of sulfonamides is 2. The van der Waals surface area contributed by atoms with E-state index in [9.17, 15) is 48.0 Å². The number of carbonyl (C=O) groups is 1. The molecule has 0 saturated carbocycles. The average Bonchev–Trinajstić information content (AvgIpc) is 2.76. The van der Waals surface area contributed by atoms with Crippen LogP contribution in [0.1, 0.15) is 79.1 Å². The fraction of sp³-hybridized carbons (Fsp3) is 0.864. The molecule has 8 nitrogen and oxygen atoms in total. The molecule has 0 aromatic rings. The topological polar surface area (TPSA) is 109 Å². The molecule has 0 aromatic carbocycles. The number of ether oxygens (including phenoxy) is 1. The van der Waals surface area contributed by atoms with Crippen LogP contribution in [0.2, 0.25) is 0 Å². The second kappa shape index (κ2) is 17.3. The number of nitrogens with zero attached hydrogens (tertiary/aromatic N) is 2. The molecule has 0 spiro atoms. The molecule has 0 saturated heterocycles. The van der Waals surface area contributed by atoms with Crippen molar-refractivity contribution < 1.29 is 57.2 Å². The Kier molecular flexibility index (Phi) is 17.7. The van der Waals surface area contributed by atoms with Gasteiger partial charge in [-0.2, -0.15) is 26.3 Å². The number of hydrogen-bond donors (Lipinski definition) is 0. The first-order valence-electron chi connectivity index (χ1n) is 12.3. The highest BCUT2D eigenvalue weighted by Crippen LogP contribution is 2.36. The molecule has 0 bridgehead atoms. The zero-order valence-electron chi connectivity index (χ0n) is 22.3. The fourth-order valence-corrected chi connectivity index (χ4v) is 5.23. The van der Waals surface area contributed by atoms with Crippen molar-refractivity contribution in [1.29, 1.82) is 0 Å². The maximum absolute atomic E-state index is 11.4. The third-order valence-corrected chi connectivity index (χ3v) is 8.20. The molecule has 38 heavy (non-hydrogen) atoms. The quantitative estimate of drug-likeness (QED) is 0.0645. The van der Waals surface area contributed by atoms with Crippen LogP contribution in [-0.2, 0) is 29.6 Å². The lowest BCUT2D eigenvalue weighted by Crippen LogP contribution is -2.49. The van der Waals surface area contributed by atoms with E-state index in [1.807, 2.05) is 0 Å². The third kappa shape index (κ3) is 15.3. The second-order valence-electron chi connectivity index (χ2n) is 8.78. The minimum atomic E-state index is -6.72. The summed E-state index contributed by atoms with van der Waals surface area (Å²) in [7, 11) is -13.4. The van der Waals surface area contributed by atoms with Gasteiger partial charge in [-0.25, -0.2) is 21.6 Å². The van der Waals surface area contributed by atoms with Crippen molar-refractivity contribution in [2.24, 2.45) is 0 Å². The molecule has 0 aliphatic rings. The standard InChI is InChI=1S/C20H40NO2.C2F6NO4S2/c1-6-15-21(8-3,16-7-2)17-13-11-9-10-12-14-18-23-20(22)19(4)5;3-1(4,5)14(10,11)9-15(12,13)2(6,7)8/h4,6-18H2,1-3,5H3;/q+1;-1. The summed E-state index contributed by atoms with van der Waals surface area (Å²) in [5.74, 6) is -0.259. The van der Waals surface area contributed by atoms with Crippen molar-refractivity contribution in [3.8, 4) is 0 Å². The van der Waals surface area contributed by atoms with E-state index in [1.54, 1.807) is 6.92 Å². The van der Waals surface area contributed by atoms with Gasteiger partial charge in [0, 0.05) is 5.57 Å². The highest BCUT2D eigenvalue weighted by Gasteiger charge is 2.46. The normalized spacial score (nSPS) is 13.0. The first-order chi connectivity index (χ1) is 17.2. The lowest BCUT2D eigenvalue weighted by atomic mass is 10.1. The number of halogens is 6. The molecule has 0 N–H and O–H groups in total. The van der Waals surface area contributed by atoms with Crippen molar-refractivity contribution in [3.05, 3.63) is 16.3 Å². The molecule has 0 atom stereocenters. The number of alkyl halides is 6. The van der Waals surface area contributed by atoms with Crippen molar-refractivity contribution in [3.63, 3.8) is 0 Å². The monoisotopic (exact) mass is 606 g/mol. The van der Waals surface area contributed by atoms with Crippen LogP contribution in [0.15, 0.2) is 12.2 Å². The molecule has 0 unspecified atom stereocenters. The van der Waals surface area contributed by atoms with Gasteiger partial charge in [0.1, 0.15) is 0 Å². The zero-order chi connectivity index (χ0) is 30.3. The maximum atomic E-state index is 11.4. The maximum Gasteiger partial charge on any atom is 0.480 e. The van der Waals surface area contributed by atoms with E-state index in [0.29, 0.717) is 12.2 Å². The summed E-state index contributed by atoms with van der Waals surface area (Å²) in [6.07, 6.45) is 9.93. The van der Waals surface area contributed by atoms with Gasteiger partial charge in [-0.05, 0) is 46.0 Å². The Labute approximate surface area is 222 Å². The van der Waals surface area contributed by atoms with Crippen LogP contribution in [0.3, 0.4) is 0 Å². The molecule has 0 fully saturated rings. The van der Waals surface area contributed by atoms with Gasteiger partial charge in [0.05, 0.1) is 32.8 Å². The lowest BCUT2D eigenvalue weighted by Gasteiger charge is -2.37. The van der Waals surface area contributed by atoms with Gasteiger partial charge in [-0.15, -0.1) is 0 Å². The lowest BCUT2D eigenvalue weighted by molar-refractivity contribution is -0.926. The van der Waals surface area contributed by atoms with E-state index in [-0.39, 0.29) is 5.97 Å². The Bertz CT molecular complexity index is 872. The first kappa shape index (κ1) is 38.8. The minimum Gasteiger partial charge on any atom is -0.462 e. The van der Waals surface area contributed by atoms with Crippen LogP contribution in [0, 0.1) is 0 Å². The summed E-state index contributed by atoms with van der Waals surface area (Å²) in [5, 5.41) is 0. The van der Waals surface area contributed by atoms with Crippen molar-refractivity contribution in [2.45, 2.75) is 90.1 Å². The van der Waals surface area contributed by atoms with Gasteiger partial charge < -0.3 is 13.3 Å². The van der Waals surface area contributed by atoms with Crippen molar-refractivity contribution in [2.75, 3.05) is 32.8 Å². The van der Waals surface area contributed by atoms with Crippen LogP contribution in [0.4, 0.5) is 26.3 Å². The van der Waals surface area contributed by atoms with Gasteiger partial charge in [-0.1, -0.05) is 39.7 Å². The Morgan fingerprint density at radius 3 is 1.50 bits per heavy atom. The average molecular weight is 607 g/mol. The Balaban J connectivity index is 0. The molecule has 0 rings (SSSR count). The third-order valence-electron chi connectivity index (χ3n) is 5.46. The summed E-state index contributed by atoms with van der Waals surface area (Å²) >= 11 is 0. The number of esters is 1. The largest absolute Gasteiger partial charge is 0.480 e. The SMILES string of the molecule is C=C(C)C(=O)OCCCCCCCC[N+](CC)(CCC)CCC.O=S(=O)([N-]S(=O)(=O)C(F)(F)F)C(F)(F)F. The fourth-order valence-electron chi connectivity index (χ4n) is 3.52. The second-order valence-corrected chi connectivity index (χ2v) is 12.2. The number of rotatable bonds is 17. The molecule has 0 heterocycles. The van der Waals surface area contributed by atoms with E-state index >= 15 is 0 Å². The van der Waals surface area contributed by atoms with Crippen LogP contribution in [0.5, 0.6) is 0 Å². The van der Waals surface area contributed by atoms with E-state index in [2.05, 4.69) is 27.4 Å². The molecule has 0 aliphatic carbocycles. The predicted octanol–water partition coefficient (Wildman–Crippen LogP) is 6.16. The van der Waals surface area contributed by atoms with Gasteiger partial charge in [0.25, 0.3) is 0 Å². The summed E-state index contributed by atoms with van der Waals surface area (Å²) < 4.78 is 116. The summed E-state index contributed by atoms with van der Waals surface area (Å²) in [6.45, 7) is 18.0. The van der Waals surface area contributed by atoms with Gasteiger partial charge >= 0.3 is 17.0 Å². The Hall–Kier alpha value is -1.39. The van der Waals surface area contributed by atoms with Crippen LogP contribution in [0.25, 0.3) is 4.13 Å². The van der Waals surface area contributed by atoms with Crippen LogP contribution >= 0.6 is 0 Å². The van der Waals surface area contributed by atoms with Gasteiger partial charge in [0.15, 0.2) is 20.0 Å². The van der Waals surface area contributed by atoms with E-state index in [4.69, 9.17) is 4.74 Å². The number of carbonyl (C=O) groups excluding carboxylic acids is 1. The van der Waals surface area contributed by atoms with E-state index in [1.165, 1.54) is 69.2 Å². The van der Waals surface area contributed by atoms with E-state index < -0.39 is 31.1 Å². The van der Waals surface area contributed by atoms with Crippen molar-refractivity contribution >= 4 is 26.0 Å². The predicted molar refractivity (Wildman–Crippen MR) is 133 cm³/mol. The number of quaternary nitrogens is 1. The summed E-state index contributed by atoms with van der Waals surface area (Å²) in [5.41, 5.74) is -11.9. The Morgan fingerprint density at radius 1 is 0.763 bits per heavy atom. The molecule has 0 aromatic heterocycles. The molecule has 0 radical (unpaired) electrons. The zero-order valence-corrected chi connectivity index (χ0v) is 24.0. The van der Waals surface area contributed by atoms with Crippen LogP contribution < -0.4 is 0 Å². The summed E-state index contributed by atoms with van der Waals surface area (Å²) in [4.78, 5) is 11.2. The molecule has 16 heteroatoms. The van der Waals surface area contributed by atoms with Crippen LogP contribution in [-0.4, -0.2) is 71.1 Å². The highest BCUT2D eigenvalue weighted by atomic mass is 32.3. The first-order valence-corrected chi connectivity index (χ1v) is 15.1. The number of unbranched alkanes of at least 4 members (excludes halogenated alkanes) is 5. The van der Waals surface area contributed by atoms with E-state index in [0.717, 1.165) is 17.0 Å². The Morgan fingerprint density at radius 2 is 1.16 bits per heavy atom. The van der Waals surface area contributed by atoms with Crippen molar-refractivity contribution in [1.82, 2.24) is 0 Å². The molecular weight excluding hydrogens is 566 g/mol. The smallest absolute Gasteiger partial charge is 0.462 e. The highest BCUT2D eigenvalue weighted by molar-refractivity contribution is 8.13. The van der Waals surface area contributed by atoms with Gasteiger partial charge in [0.2, 0.25) is 0 Å². The molecular formula is C22H40F6N2O6S2. The molecule has 0 aliphatic heterocycles. The molecule has 0 amide bonds. The number of hydrogen-bond acceptors (Lipinski definition) is 6. The van der Waals surface area contributed by atoms with Gasteiger partial charge in [-0.3, -0.25) is 0 Å². The summed E-state index contributed by atoms with van der Waals surface area (Å²) in [6, 6.07) is 0.